The fraction of sp³-hybridized carbons (Fsp3) is 0.278. The quantitative estimate of drug-likeness (QED) is 0.478. The van der Waals surface area contributed by atoms with Crippen LogP contribution in [0.5, 0.6) is 0 Å². The number of hydrogen-bond acceptors (Lipinski definition) is 4. The van der Waals surface area contributed by atoms with Gasteiger partial charge in [-0.3, -0.25) is 4.79 Å². The van der Waals surface area contributed by atoms with E-state index in [9.17, 15) is 17.6 Å². The van der Waals surface area contributed by atoms with E-state index in [1.54, 1.807) is 11.8 Å². The number of amides is 1. The van der Waals surface area contributed by atoms with Gasteiger partial charge in [0.15, 0.2) is 0 Å². The van der Waals surface area contributed by atoms with Gasteiger partial charge in [0.25, 0.3) is 0 Å². The molecule has 2 N–H and O–H groups in total. The molecular formula is C18H21FN2O3S2. The van der Waals surface area contributed by atoms with Crippen molar-refractivity contribution in [2.24, 2.45) is 0 Å². The first-order chi connectivity index (χ1) is 12.5. The molecule has 0 unspecified atom stereocenters. The number of halogens is 1. The summed E-state index contributed by atoms with van der Waals surface area (Å²) in [5.41, 5.74) is 0. The van der Waals surface area contributed by atoms with Crippen LogP contribution < -0.4 is 10.0 Å². The normalized spacial score (nSPS) is 11.3. The topological polar surface area (TPSA) is 75.3 Å². The third-order valence-corrected chi connectivity index (χ3v) is 6.00. The van der Waals surface area contributed by atoms with Gasteiger partial charge in [0.05, 0.1) is 4.90 Å². The predicted molar refractivity (Wildman–Crippen MR) is 101 cm³/mol. The van der Waals surface area contributed by atoms with Crippen LogP contribution in [0.3, 0.4) is 0 Å². The number of rotatable bonds is 10. The number of benzene rings is 2. The molecule has 0 aliphatic carbocycles. The monoisotopic (exact) mass is 396 g/mol. The van der Waals surface area contributed by atoms with E-state index in [-0.39, 0.29) is 23.8 Å². The van der Waals surface area contributed by atoms with Crippen LogP contribution in [0, 0.1) is 5.82 Å². The minimum absolute atomic E-state index is 0.00961. The first kappa shape index (κ1) is 20.4. The summed E-state index contributed by atoms with van der Waals surface area (Å²) < 4.78 is 39.1. The molecule has 0 fully saturated rings. The summed E-state index contributed by atoms with van der Waals surface area (Å²) in [4.78, 5) is 12.9. The Morgan fingerprint density at radius 1 is 1.00 bits per heavy atom. The van der Waals surface area contributed by atoms with E-state index < -0.39 is 15.8 Å². The minimum atomic E-state index is -3.73. The average molecular weight is 397 g/mol. The van der Waals surface area contributed by atoms with Crippen LogP contribution in [-0.4, -0.2) is 33.2 Å². The van der Waals surface area contributed by atoms with Crippen molar-refractivity contribution in [2.75, 3.05) is 18.8 Å². The Kier molecular flexibility index (Phi) is 8.08. The molecule has 0 aliphatic rings. The summed E-state index contributed by atoms with van der Waals surface area (Å²) in [5.74, 6) is 0.173. The highest BCUT2D eigenvalue weighted by atomic mass is 32.2. The van der Waals surface area contributed by atoms with Crippen LogP contribution >= 0.6 is 11.8 Å². The van der Waals surface area contributed by atoms with Gasteiger partial charge in [-0.2, -0.15) is 0 Å². The molecule has 2 aromatic rings. The fourth-order valence-electron chi connectivity index (χ4n) is 2.09. The molecular weight excluding hydrogens is 375 g/mol. The molecule has 0 aliphatic heterocycles. The van der Waals surface area contributed by atoms with E-state index in [0.717, 1.165) is 24.3 Å². The van der Waals surface area contributed by atoms with Crippen molar-refractivity contribution in [3.63, 3.8) is 0 Å². The number of carbonyl (C=O) groups is 1. The average Bonchev–Trinajstić information content (AvgIpc) is 2.62. The zero-order valence-electron chi connectivity index (χ0n) is 14.2. The van der Waals surface area contributed by atoms with Crippen molar-refractivity contribution in [1.29, 1.82) is 0 Å². The Morgan fingerprint density at radius 3 is 2.38 bits per heavy atom. The lowest BCUT2D eigenvalue weighted by molar-refractivity contribution is -0.120. The Bertz CT molecular complexity index is 797. The van der Waals surface area contributed by atoms with Crippen molar-refractivity contribution < 1.29 is 17.6 Å². The number of thioether (sulfide) groups is 1. The minimum Gasteiger partial charge on any atom is -0.356 e. The van der Waals surface area contributed by atoms with Gasteiger partial charge in [-0.1, -0.05) is 18.2 Å². The highest BCUT2D eigenvalue weighted by Gasteiger charge is 2.14. The van der Waals surface area contributed by atoms with Gasteiger partial charge in [0.1, 0.15) is 5.82 Å². The largest absolute Gasteiger partial charge is 0.356 e. The van der Waals surface area contributed by atoms with Crippen LogP contribution in [0.15, 0.2) is 64.4 Å². The zero-order valence-corrected chi connectivity index (χ0v) is 15.8. The van der Waals surface area contributed by atoms with E-state index in [1.165, 1.54) is 17.0 Å². The molecule has 0 bridgehead atoms. The number of carbonyl (C=O) groups excluding carboxylic acids is 1. The zero-order chi connectivity index (χ0) is 18.8. The van der Waals surface area contributed by atoms with E-state index >= 15 is 0 Å². The van der Waals surface area contributed by atoms with Crippen LogP contribution in [0.2, 0.25) is 0 Å². The molecule has 0 spiro atoms. The van der Waals surface area contributed by atoms with Crippen molar-refractivity contribution in [3.05, 3.63) is 60.4 Å². The second-order valence-electron chi connectivity index (χ2n) is 5.47. The third kappa shape index (κ3) is 7.15. The van der Waals surface area contributed by atoms with Crippen LogP contribution in [0.25, 0.3) is 0 Å². The fourth-order valence-corrected chi connectivity index (χ4v) is 4.00. The molecule has 0 heterocycles. The lowest BCUT2D eigenvalue weighted by Crippen LogP contribution is -2.31. The second-order valence-corrected chi connectivity index (χ2v) is 8.40. The second kappa shape index (κ2) is 10.3. The highest BCUT2D eigenvalue weighted by Crippen LogP contribution is 2.17. The van der Waals surface area contributed by atoms with E-state index in [4.69, 9.17) is 0 Å². The Hall–Kier alpha value is -1.90. The molecule has 140 valence electrons. The van der Waals surface area contributed by atoms with Crippen molar-refractivity contribution in [3.8, 4) is 0 Å². The van der Waals surface area contributed by atoms with Crippen LogP contribution in [0.1, 0.15) is 12.8 Å². The molecule has 0 saturated heterocycles. The maximum atomic E-state index is 12.8. The first-order valence-electron chi connectivity index (χ1n) is 8.17. The van der Waals surface area contributed by atoms with Crippen molar-refractivity contribution in [2.45, 2.75) is 22.6 Å². The summed E-state index contributed by atoms with van der Waals surface area (Å²) in [6, 6.07) is 14.5. The lowest BCUT2D eigenvalue weighted by Gasteiger charge is -2.08. The number of hydrogen-bond donors (Lipinski definition) is 2. The summed E-state index contributed by atoms with van der Waals surface area (Å²) in [5, 5.41) is 2.77. The maximum Gasteiger partial charge on any atom is 0.240 e. The SMILES string of the molecule is O=C(CCNS(=O)(=O)c1ccc(F)cc1)NCCCSc1ccccc1. The Balaban J connectivity index is 1.60. The molecule has 26 heavy (non-hydrogen) atoms. The molecule has 2 rings (SSSR count). The van der Waals surface area contributed by atoms with Gasteiger partial charge in [-0.15, -0.1) is 11.8 Å². The first-order valence-corrected chi connectivity index (χ1v) is 10.6. The Labute approximate surface area is 157 Å². The highest BCUT2D eigenvalue weighted by molar-refractivity contribution is 7.99. The molecule has 0 atom stereocenters. The number of sulfonamides is 1. The molecule has 2 aromatic carbocycles. The summed E-state index contributed by atoms with van der Waals surface area (Å²) in [6.45, 7) is 0.535. The molecule has 1 amide bonds. The lowest BCUT2D eigenvalue weighted by atomic mass is 10.4. The van der Waals surface area contributed by atoms with E-state index in [0.29, 0.717) is 6.54 Å². The third-order valence-electron chi connectivity index (χ3n) is 3.42. The molecule has 8 heteroatoms. The predicted octanol–water partition coefficient (Wildman–Crippen LogP) is 2.79. The van der Waals surface area contributed by atoms with Gasteiger partial charge in [-0.05, 0) is 48.6 Å². The molecule has 0 aromatic heterocycles. The summed E-state index contributed by atoms with van der Waals surface area (Å²) in [6.07, 6.45) is 0.874. The van der Waals surface area contributed by atoms with Gasteiger partial charge in [-0.25, -0.2) is 17.5 Å². The van der Waals surface area contributed by atoms with Crippen LogP contribution in [-0.2, 0) is 14.8 Å². The number of nitrogens with one attached hydrogen (secondary N) is 2. The van der Waals surface area contributed by atoms with Crippen molar-refractivity contribution in [1.82, 2.24) is 10.0 Å². The summed E-state index contributed by atoms with van der Waals surface area (Å²) in [7, 11) is -3.73. The maximum absolute atomic E-state index is 12.8. The van der Waals surface area contributed by atoms with Gasteiger partial charge in [0, 0.05) is 24.4 Å². The standard InChI is InChI=1S/C18H21FN2O3S2/c19-15-7-9-17(10-8-15)26(23,24)21-13-11-18(22)20-12-4-14-25-16-5-2-1-3-6-16/h1-3,5-10,21H,4,11-14H2,(H,20,22). The van der Waals surface area contributed by atoms with Gasteiger partial charge < -0.3 is 5.32 Å². The van der Waals surface area contributed by atoms with E-state index in [2.05, 4.69) is 10.0 Å². The Morgan fingerprint density at radius 2 is 1.69 bits per heavy atom. The molecule has 0 saturated carbocycles. The molecule has 0 radical (unpaired) electrons. The smallest absolute Gasteiger partial charge is 0.240 e. The summed E-state index contributed by atoms with van der Waals surface area (Å²) >= 11 is 1.72. The van der Waals surface area contributed by atoms with E-state index in [1.807, 2.05) is 30.3 Å². The van der Waals surface area contributed by atoms with Gasteiger partial charge in [0.2, 0.25) is 15.9 Å². The van der Waals surface area contributed by atoms with Gasteiger partial charge >= 0.3 is 0 Å². The van der Waals surface area contributed by atoms with Crippen molar-refractivity contribution >= 4 is 27.7 Å². The molecule has 5 nitrogen and oxygen atoms in total. The van der Waals surface area contributed by atoms with Crippen LogP contribution in [0.4, 0.5) is 4.39 Å².